The lowest BCUT2D eigenvalue weighted by Crippen LogP contribution is -2.31. The van der Waals surface area contributed by atoms with Crippen LogP contribution in [0.25, 0.3) is 0 Å². The number of ether oxygens (including phenoxy) is 1. The molecule has 21 heavy (non-hydrogen) atoms. The summed E-state index contributed by atoms with van der Waals surface area (Å²) in [4.78, 5) is 0.107. The van der Waals surface area contributed by atoms with Crippen LogP contribution in [-0.4, -0.2) is 44.0 Å². The molecule has 0 saturated carbocycles. The van der Waals surface area contributed by atoms with Gasteiger partial charge in [0.05, 0.1) is 17.7 Å². The van der Waals surface area contributed by atoms with Crippen molar-refractivity contribution in [1.29, 1.82) is 0 Å². The third kappa shape index (κ3) is 4.89. The first-order valence-corrected chi connectivity index (χ1v) is 8.56. The van der Waals surface area contributed by atoms with Gasteiger partial charge in [-0.3, -0.25) is 0 Å². The Hall–Kier alpha value is -0.730. The summed E-state index contributed by atoms with van der Waals surface area (Å²) in [6.45, 7) is 4.31. The van der Waals surface area contributed by atoms with E-state index in [9.17, 15) is 8.42 Å². The molecule has 5 nitrogen and oxygen atoms in total. The van der Waals surface area contributed by atoms with Crippen LogP contribution in [0.15, 0.2) is 23.1 Å². The molecule has 0 fully saturated rings. The van der Waals surface area contributed by atoms with E-state index in [2.05, 4.69) is 0 Å². The highest BCUT2D eigenvalue weighted by molar-refractivity contribution is 7.89. The molecule has 0 aromatic heterocycles. The molecule has 0 aliphatic heterocycles. The van der Waals surface area contributed by atoms with Gasteiger partial charge in [-0.15, -0.1) is 0 Å². The Morgan fingerprint density at radius 1 is 1.48 bits per heavy atom. The van der Waals surface area contributed by atoms with E-state index < -0.39 is 10.0 Å². The number of likely N-dealkylation sites (N-methyl/N-ethyl adjacent to an activating group) is 1. The van der Waals surface area contributed by atoms with Crippen molar-refractivity contribution in [3.63, 3.8) is 0 Å². The van der Waals surface area contributed by atoms with Gasteiger partial charge in [0.1, 0.15) is 9.88 Å². The fraction of sp³-hybridized carbons (Fsp3) is 0.462. The van der Waals surface area contributed by atoms with Gasteiger partial charge < -0.3 is 10.5 Å². The van der Waals surface area contributed by atoms with Crippen LogP contribution < -0.4 is 5.73 Å². The van der Waals surface area contributed by atoms with Crippen LogP contribution >= 0.6 is 23.8 Å². The van der Waals surface area contributed by atoms with E-state index in [-0.39, 0.29) is 27.6 Å². The molecule has 0 bridgehead atoms. The number of sulfonamides is 1. The third-order valence-electron chi connectivity index (χ3n) is 2.76. The van der Waals surface area contributed by atoms with E-state index in [4.69, 9.17) is 34.3 Å². The van der Waals surface area contributed by atoms with Crippen LogP contribution in [-0.2, 0) is 14.8 Å². The van der Waals surface area contributed by atoms with Gasteiger partial charge in [0, 0.05) is 19.2 Å². The number of halogens is 1. The molecule has 2 N–H and O–H groups in total. The van der Waals surface area contributed by atoms with Crippen molar-refractivity contribution in [3.05, 3.63) is 28.8 Å². The van der Waals surface area contributed by atoms with Crippen LogP contribution in [0.3, 0.4) is 0 Å². The van der Waals surface area contributed by atoms with Gasteiger partial charge in [0.2, 0.25) is 10.0 Å². The maximum absolute atomic E-state index is 12.5. The Morgan fingerprint density at radius 2 is 2.10 bits per heavy atom. The van der Waals surface area contributed by atoms with Gasteiger partial charge in [-0.2, -0.15) is 4.31 Å². The lowest BCUT2D eigenvalue weighted by molar-refractivity contribution is 0.0737. The molecule has 0 saturated heterocycles. The number of hydrogen-bond acceptors (Lipinski definition) is 4. The highest BCUT2D eigenvalue weighted by Crippen LogP contribution is 2.25. The van der Waals surface area contributed by atoms with Crippen molar-refractivity contribution < 1.29 is 13.2 Å². The van der Waals surface area contributed by atoms with E-state index in [1.807, 2.05) is 13.8 Å². The minimum absolute atomic E-state index is 0.0125. The quantitative estimate of drug-likeness (QED) is 0.762. The normalized spacial score (nSPS) is 12.1. The van der Waals surface area contributed by atoms with Gasteiger partial charge >= 0.3 is 0 Å². The lowest BCUT2D eigenvalue weighted by Gasteiger charge is -2.19. The van der Waals surface area contributed by atoms with E-state index in [1.165, 1.54) is 23.5 Å². The second-order valence-electron chi connectivity index (χ2n) is 4.76. The second kappa shape index (κ2) is 7.51. The second-order valence-corrected chi connectivity index (χ2v) is 7.62. The summed E-state index contributed by atoms with van der Waals surface area (Å²) in [5.41, 5.74) is 5.98. The summed E-state index contributed by atoms with van der Waals surface area (Å²) in [6, 6.07) is 4.45. The van der Waals surface area contributed by atoms with Crippen LogP contribution in [0, 0.1) is 0 Å². The summed E-state index contributed by atoms with van der Waals surface area (Å²) in [6.07, 6.45) is 0.0441. The minimum Gasteiger partial charge on any atom is -0.389 e. The Balaban J connectivity index is 3.01. The zero-order valence-corrected chi connectivity index (χ0v) is 14.6. The monoisotopic (exact) mass is 350 g/mol. The van der Waals surface area contributed by atoms with E-state index >= 15 is 0 Å². The number of hydrogen-bond donors (Lipinski definition) is 1. The third-order valence-corrected chi connectivity index (χ3v) is 5.34. The smallest absolute Gasteiger partial charge is 0.244 e. The number of thiocarbonyl (C=S) groups is 1. The largest absolute Gasteiger partial charge is 0.389 e. The molecule has 8 heteroatoms. The number of benzene rings is 1. The van der Waals surface area contributed by atoms with Crippen LogP contribution in [0.5, 0.6) is 0 Å². The molecule has 0 radical (unpaired) electrons. The van der Waals surface area contributed by atoms with Crippen molar-refractivity contribution in [3.8, 4) is 0 Å². The van der Waals surface area contributed by atoms with E-state index in [1.54, 1.807) is 6.07 Å². The van der Waals surface area contributed by atoms with Crippen molar-refractivity contribution in [2.45, 2.75) is 24.8 Å². The highest BCUT2D eigenvalue weighted by Gasteiger charge is 2.24. The average Bonchev–Trinajstić information content (AvgIpc) is 2.37. The van der Waals surface area contributed by atoms with Crippen molar-refractivity contribution in [2.75, 3.05) is 20.2 Å². The molecular weight excluding hydrogens is 332 g/mol. The van der Waals surface area contributed by atoms with Gasteiger partial charge in [-0.05, 0) is 26.0 Å². The molecule has 0 aliphatic carbocycles. The van der Waals surface area contributed by atoms with E-state index in [0.29, 0.717) is 12.2 Å². The van der Waals surface area contributed by atoms with Crippen LogP contribution in [0.4, 0.5) is 0 Å². The SMILES string of the molecule is CC(C)OCCN(C)S(=O)(=O)c1cc(C(N)=S)ccc1Cl. The molecule has 0 amide bonds. The Morgan fingerprint density at radius 3 is 2.62 bits per heavy atom. The molecule has 0 atom stereocenters. The summed E-state index contributed by atoms with van der Waals surface area (Å²) in [7, 11) is -2.24. The molecule has 0 aliphatic rings. The zero-order chi connectivity index (χ0) is 16.2. The van der Waals surface area contributed by atoms with Gasteiger partial charge in [-0.25, -0.2) is 8.42 Å². The molecule has 0 spiro atoms. The first-order valence-electron chi connectivity index (χ1n) is 6.33. The molecular formula is C13H19ClN2O3S2. The van der Waals surface area contributed by atoms with Crippen LogP contribution in [0.1, 0.15) is 19.4 Å². The first-order chi connectivity index (χ1) is 9.66. The van der Waals surface area contributed by atoms with Crippen molar-refractivity contribution in [2.24, 2.45) is 5.73 Å². The minimum atomic E-state index is -3.72. The number of nitrogens with zero attached hydrogens (tertiary/aromatic N) is 1. The Bertz CT molecular complexity index is 618. The van der Waals surface area contributed by atoms with Crippen molar-refractivity contribution in [1.82, 2.24) is 4.31 Å². The van der Waals surface area contributed by atoms with Gasteiger partial charge in [-0.1, -0.05) is 29.9 Å². The molecule has 1 aromatic rings. The Labute approximate surface area is 136 Å². The van der Waals surface area contributed by atoms with Gasteiger partial charge in [0.25, 0.3) is 0 Å². The van der Waals surface area contributed by atoms with Crippen LogP contribution in [0.2, 0.25) is 5.02 Å². The maximum Gasteiger partial charge on any atom is 0.244 e. The first kappa shape index (κ1) is 18.3. The molecule has 0 unspecified atom stereocenters. The molecule has 1 aromatic carbocycles. The molecule has 118 valence electrons. The predicted molar refractivity (Wildman–Crippen MR) is 88.2 cm³/mol. The number of rotatable bonds is 7. The topological polar surface area (TPSA) is 72.6 Å². The Kier molecular flexibility index (Phi) is 6.55. The summed E-state index contributed by atoms with van der Waals surface area (Å²) < 4.78 is 31.6. The van der Waals surface area contributed by atoms with Crippen molar-refractivity contribution >= 4 is 38.8 Å². The predicted octanol–water partition coefficient (Wildman–Crippen LogP) is 2.02. The summed E-state index contributed by atoms with van der Waals surface area (Å²) in [5.74, 6) is 0. The zero-order valence-electron chi connectivity index (χ0n) is 12.2. The lowest BCUT2D eigenvalue weighted by atomic mass is 10.2. The standard InChI is InChI=1S/C13H19ClN2O3S2/c1-9(2)19-7-6-16(3)21(17,18)12-8-10(13(15)20)4-5-11(12)14/h4-5,8-9H,6-7H2,1-3H3,(H2,15,20). The average molecular weight is 351 g/mol. The molecule has 1 rings (SSSR count). The van der Waals surface area contributed by atoms with Gasteiger partial charge in [0.15, 0.2) is 0 Å². The maximum atomic E-state index is 12.5. The number of nitrogens with two attached hydrogens (primary N) is 1. The summed E-state index contributed by atoms with van der Waals surface area (Å²) >= 11 is 10.9. The van der Waals surface area contributed by atoms with E-state index in [0.717, 1.165) is 0 Å². The highest BCUT2D eigenvalue weighted by atomic mass is 35.5. The summed E-state index contributed by atoms with van der Waals surface area (Å²) in [5, 5.41) is 0.131. The fourth-order valence-corrected chi connectivity index (χ4v) is 3.34. The molecule has 0 heterocycles. The fourth-order valence-electron chi connectivity index (χ4n) is 1.56.